The number of carbonyl (C=O) groups excluding carboxylic acids is 1. The van der Waals surface area contributed by atoms with Gasteiger partial charge in [0.15, 0.2) is 0 Å². The second kappa shape index (κ2) is 8.58. The SMILES string of the molecule is COc1ccc(S(=O)(=O)N2CCCC[C@@H]2CC(=O)NCc2ccco2)cc1. The van der Waals surface area contributed by atoms with Crippen molar-refractivity contribution in [1.29, 1.82) is 0 Å². The van der Waals surface area contributed by atoms with Crippen molar-refractivity contribution < 1.29 is 22.4 Å². The summed E-state index contributed by atoms with van der Waals surface area (Å²) in [5.41, 5.74) is 0. The molecule has 1 atom stereocenters. The molecule has 1 N–H and O–H groups in total. The Morgan fingerprint density at radius 1 is 1.26 bits per heavy atom. The van der Waals surface area contributed by atoms with Gasteiger partial charge in [-0.15, -0.1) is 0 Å². The molecule has 27 heavy (non-hydrogen) atoms. The van der Waals surface area contributed by atoms with Crippen molar-refractivity contribution in [3.63, 3.8) is 0 Å². The summed E-state index contributed by atoms with van der Waals surface area (Å²) in [7, 11) is -2.13. The van der Waals surface area contributed by atoms with Gasteiger partial charge >= 0.3 is 0 Å². The Morgan fingerprint density at radius 2 is 2.04 bits per heavy atom. The van der Waals surface area contributed by atoms with E-state index in [2.05, 4.69) is 5.32 Å². The van der Waals surface area contributed by atoms with E-state index in [0.29, 0.717) is 31.0 Å². The Hall–Kier alpha value is -2.32. The van der Waals surface area contributed by atoms with E-state index in [1.54, 1.807) is 30.5 Å². The molecule has 1 aromatic heterocycles. The topological polar surface area (TPSA) is 88.9 Å². The van der Waals surface area contributed by atoms with Crippen molar-refractivity contribution in [3.8, 4) is 5.75 Å². The number of piperidine rings is 1. The fourth-order valence-electron chi connectivity index (χ4n) is 3.26. The highest BCUT2D eigenvalue weighted by atomic mass is 32.2. The first kappa shape index (κ1) is 19.4. The van der Waals surface area contributed by atoms with Gasteiger partial charge in [0, 0.05) is 19.0 Å². The van der Waals surface area contributed by atoms with Crippen molar-refractivity contribution in [2.75, 3.05) is 13.7 Å². The van der Waals surface area contributed by atoms with Crippen LogP contribution in [0, 0.1) is 0 Å². The van der Waals surface area contributed by atoms with E-state index in [1.807, 2.05) is 0 Å². The minimum absolute atomic E-state index is 0.135. The first-order chi connectivity index (χ1) is 13.0. The standard InChI is InChI=1S/C19H24N2O5S/c1-25-16-7-9-18(10-8-16)27(23,24)21-11-3-2-5-15(21)13-19(22)20-14-17-6-4-12-26-17/h4,6-10,12,15H,2-3,5,11,13-14H2,1H3,(H,20,22)/t15-/m1/s1. The highest BCUT2D eigenvalue weighted by molar-refractivity contribution is 7.89. The summed E-state index contributed by atoms with van der Waals surface area (Å²) < 4.78 is 37.9. The summed E-state index contributed by atoms with van der Waals surface area (Å²) in [5, 5.41) is 2.79. The first-order valence-electron chi connectivity index (χ1n) is 8.95. The van der Waals surface area contributed by atoms with E-state index < -0.39 is 10.0 Å². The minimum Gasteiger partial charge on any atom is -0.497 e. The Bertz CT molecular complexity index is 847. The van der Waals surface area contributed by atoms with Crippen molar-refractivity contribution in [2.45, 2.75) is 43.2 Å². The van der Waals surface area contributed by atoms with Gasteiger partial charge in [-0.3, -0.25) is 4.79 Å². The number of sulfonamides is 1. The lowest BCUT2D eigenvalue weighted by atomic mass is 10.0. The van der Waals surface area contributed by atoms with Gasteiger partial charge < -0.3 is 14.5 Å². The third-order valence-corrected chi connectivity index (χ3v) is 6.67. The number of nitrogens with zero attached hydrogens (tertiary/aromatic N) is 1. The zero-order chi connectivity index (χ0) is 19.3. The van der Waals surface area contributed by atoms with Gasteiger partial charge in [0.25, 0.3) is 0 Å². The zero-order valence-corrected chi connectivity index (χ0v) is 16.1. The van der Waals surface area contributed by atoms with Crippen molar-refractivity contribution >= 4 is 15.9 Å². The molecule has 1 fully saturated rings. The number of furan rings is 1. The summed E-state index contributed by atoms with van der Waals surface area (Å²) in [4.78, 5) is 12.5. The van der Waals surface area contributed by atoms with Crippen LogP contribution in [0.15, 0.2) is 52.0 Å². The lowest BCUT2D eigenvalue weighted by Gasteiger charge is -2.34. The van der Waals surface area contributed by atoms with Crippen LogP contribution in [0.5, 0.6) is 5.75 Å². The largest absolute Gasteiger partial charge is 0.497 e. The molecule has 3 rings (SSSR count). The van der Waals surface area contributed by atoms with E-state index in [0.717, 1.165) is 12.8 Å². The average Bonchev–Trinajstić information content (AvgIpc) is 3.20. The number of hydrogen-bond donors (Lipinski definition) is 1. The molecule has 1 aliphatic rings. The number of amides is 1. The quantitative estimate of drug-likeness (QED) is 0.782. The van der Waals surface area contributed by atoms with E-state index in [-0.39, 0.29) is 23.3 Å². The summed E-state index contributed by atoms with van der Waals surface area (Å²) in [6, 6.07) is 9.52. The number of ether oxygens (including phenoxy) is 1. The van der Waals surface area contributed by atoms with E-state index in [4.69, 9.17) is 9.15 Å². The van der Waals surface area contributed by atoms with Gasteiger partial charge in [-0.25, -0.2) is 8.42 Å². The third kappa shape index (κ3) is 4.70. The fraction of sp³-hybridized carbons (Fsp3) is 0.421. The molecule has 7 nitrogen and oxygen atoms in total. The van der Waals surface area contributed by atoms with Crippen LogP contribution in [0.25, 0.3) is 0 Å². The Balaban J connectivity index is 1.69. The second-order valence-electron chi connectivity index (χ2n) is 6.50. The van der Waals surface area contributed by atoms with Crippen LogP contribution in [-0.4, -0.2) is 38.3 Å². The maximum absolute atomic E-state index is 13.1. The van der Waals surface area contributed by atoms with Crippen molar-refractivity contribution in [1.82, 2.24) is 9.62 Å². The Labute approximate surface area is 159 Å². The third-order valence-electron chi connectivity index (χ3n) is 4.70. The summed E-state index contributed by atoms with van der Waals surface area (Å²) in [5.74, 6) is 1.07. The predicted octanol–water partition coefficient (Wildman–Crippen LogP) is 2.54. The molecule has 1 saturated heterocycles. The van der Waals surface area contributed by atoms with Gasteiger partial charge in [-0.1, -0.05) is 6.42 Å². The lowest BCUT2D eigenvalue weighted by Crippen LogP contribution is -2.45. The molecule has 8 heteroatoms. The van der Waals surface area contributed by atoms with E-state index in [9.17, 15) is 13.2 Å². The molecule has 2 aromatic rings. The van der Waals surface area contributed by atoms with Crippen LogP contribution in [0.4, 0.5) is 0 Å². The van der Waals surface area contributed by atoms with Gasteiger partial charge in [-0.05, 0) is 49.2 Å². The lowest BCUT2D eigenvalue weighted by molar-refractivity contribution is -0.122. The van der Waals surface area contributed by atoms with Gasteiger partial charge in [0.1, 0.15) is 11.5 Å². The van der Waals surface area contributed by atoms with E-state index in [1.165, 1.54) is 23.5 Å². The highest BCUT2D eigenvalue weighted by Gasteiger charge is 2.34. The smallest absolute Gasteiger partial charge is 0.243 e. The van der Waals surface area contributed by atoms with Crippen LogP contribution in [-0.2, 0) is 21.4 Å². The predicted molar refractivity (Wildman–Crippen MR) is 99.7 cm³/mol. The van der Waals surface area contributed by atoms with Crippen molar-refractivity contribution in [3.05, 3.63) is 48.4 Å². The molecule has 0 radical (unpaired) electrons. The number of hydrogen-bond acceptors (Lipinski definition) is 5. The summed E-state index contributed by atoms with van der Waals surface area (Å²) >= 11 is 0. The van der Waals surface area contributed by atoms with Crippen LogP contribution in [0.3, 0.4) is 0 Å². The molecule has 0 bridgehead atoms. The highest BCUT2D eigenvalue weighted by Crippen LogP contribution is 2.28. The molecule has 1 aromatic carbocycles. The number of methoxy groups -OCH3 is 1. The summed E-state index contributed by atoms with van der Waals surface area (Å²) in [6.45, 7) is 0.717. The average molecular weight is 392 g/mol. The number of rotatable bonds is 7. The van der Waals surface area contributed by atoms with Gasteiger partial charge in [-0.2, -0.15) is 4.31 Å². The Morgan fingerprint density at radius 3 is 2.70 bits per heavy atom. The van der Waals surface area contributed by atoms with Gasteiger partial charge in [0.2, 0.25) is 15.9 Å². The molecule has 1 aliphatic heterocycles. The molecule has 2 heterocycles. The molecular formula is C19H24N2O5S. The van der Waals surface area contributed by atoms with Crippen LogP contribution >= 0.6 is 0 Å². The normalized spacial score (nSPS) is 18.2. The van der Waals surface area contributed by atoms with Gasteiger partial charge in [0.05, 0.1) is 24.8 Å². The molecular weight excluding hydrogens is 368 g/mol. The molecule has 146 valence electrons. The molecule has 0 spiro atoms. The zero-order valence-electron chi connectivity index (χ0n) is 15.3. The van der Waals surface area contributed by atoms with Crippen molar-refractivity contribution in [2.24, 2.45) is 0 Å². The van der Waals surface area contributed by atoms with Crippen LogP contribution in [0.2, 0.25) is 0 Å². The monoisotopic (exact) mass is 392 g/mol. The first-order valence-corrected chi connectivity index (χ1v) is 10.4. The molecule has 0 saturated carbocycles. The molecule has 0 aliphatic carbocycles. The number of carbonyl (C=O) groups is 1. The maximum atomic E-state index is 13.1. The molecule has 1 amide bonds. The number of nitrogens with one attached hydrogen (secondary N) is 1. The molecule has 0 unspecified atom stereocenters. The summed E-state index contributed by atoms with van der Waals surface area (Å²) in [6.07, 6.45) is 4.05. The van der Waals surface area contributed by atoms with Crippen LogP contribution < -0.4 is 10.1 Å². The number of benzene rings is 1. The Kier molecular flexibility index (Phi) is 6.18. The van der Waals surface area contributed by atoms with E-state index >= 15 is 0 Å². The minimum atomic E-state index is -3.66. The van der Waals surface area contributed by atoms with Crippen LogP contribution in [0.1, 0.15) is 31.4 Å². The fourth-order valence-corrected chi connectivity index (χ4v) is 4.96. The maximum Gasteiger partial charge on any atom is 0.243 e. The second-order valence-corrected chi connectivity index (χ2v) is 8.39.